The second-order valence-electron chi connectivity index (χ2n) is 8.66. The largest absolute Gasteiger partial charge is 0.492 e. The first-order valence-electron chi connectivity index (χ1n) is 12.5. The number of rotatable bonds is 9. The summed E-state index contributed by atoms with van der Waals surface area (Å²) in [7, 11) is 0. The van der Waals surface area contributed by atoms with Gasteiger partial charge in [-0.15, -0.1) is 0 Å². The molecule has 0 saturated carbocycles. The number of hydrogen-bond acceptors (Lipinski definition) is 4. The number of carbonyl (C=O) groups is 1. The second kappa shape index (κ2) is 11.7. The molecule has 37 heavy (non-hydrogen) atoms. The summed E-state index contributed by atoms with van der Waals surface area (Å²) in [6.07, 6.45) is 1.57. The van der Waals surface area contributed by atoms with Gasteiger partial charge in [0.15, 0.2) is 0 Å². The summed E-state index contributed by atoms with van der Waals surface area (Å²) in [6.45, 7) is 6.55. The average Bonchev–Trinajstić information content (AvgIpc) is 2.91. The van der Waals surface area contributed by atoms with Gasteiger partial charge in [-0.1, -0.05) is 49.7 Å². The van der Waals surface area contributed by atoms with Gasteiger partial charge in [-0.3, -0.25) is 9.36 Å². The van der Waals surface area contributed by atoms with Crippen LogP contribution >= 0.6 is 0 Å². The Morgan fingerprint density at radius 2 is 1.76 bits per heavy atom. The van der Waals surface area contributed by atoms with E-state index in [-0.39, 0.29) is 11.2 Å². The Hall–Kier alpha value is -4.20. The smallest absolute Gasteiger partial charge is 0.322 e. The molecule has 192 valence electrons. The monoisotopic (exact) mass is 502 g/mol. The van der Waals surface area contributed by atoms with Gasteiger partial charge in [0.1, 0.15) is 17.4 Å². The van der Waals surface area contributed by atoms with Crippen LogP contribution in [0.4, 0.5) is 14.9 Å². The molecule has 0 aliphatic heterocycles. The van der Waals surface area contributed by atoms with E-state index in [1.807, 2.05) is 39.0 Å². The molecule has 0 fully saturated rings. The Morgan fingerprint density at radius 1 is 1.05 bits per heavy atom. The molecular formula is C29H31FN4O3. The summed E-state index contributed by atoms with van der Waals surface area (Å²) in [4.78, 5) is 33.8. The number of urea groups is 1. The highest BCUT2D eigenvalue weighted by atomic mass is 19.1. The Labute approximate surface area is 215 Å². The molecule has 1 unspecified atom stereocenters. The molecule has 1 heterocycles. The highest BCUT2D eigenvalue weighted by molar-refractivity contribution is 5.89. The molecule has 8 heteroatoms. The first kappa shape index (κ1) is 25.9. The van der Waals surface area contributed by atoms with E-state index in [9.17, 15) is 14.0 Å². The minimum absolute atomic E-state index is 0.0896. The van der Waals surface area contributed by atoms with Crippen LogP contribution in [0.15, 0.2) is 77.6 Å². The van der Waals surface area contributed by atoms with Gasteiger partial charge in [-0.25, -0.2) is 14.2 Å². The standard InChI is InChI=1S/C29H31FN4O3/c1-4-6-19-33(29(36)32-24-16-10-8-14-22(24)30)20(3)27-31-23-15-9-7-13-21(23)28(35)34(27)25-17-11-12-18-26(25)37-5-2/h7-18,20H,4-6,19H2,1-3H3,(H,32,36). The van der Waals surface area contributed by atoms with Crippen LogP contribution in [-0.2, 0) is 0 Å². The van der Waals surface area contributed by atoms with Crippen LogP contribution in [0.5, 0.6) is 5.75 Å². The molecule has 0 radical (unpaired) electrons. The van der Waals surface area contributed by atoms with E-state index in [4.69, 9.17) is 9.72 Å². The molecule has 1 N–H and O–H groups in total. The Bertz CT molecular complexity index is 1450. The molecule has 3 aromatic carbocycles. The molecule has 1 atom stereocenters. The molecule has 2 amide bonds. The molecule has 0 saturated heterocycles. The summed E-state index contributed by atoms with van der Waals surface area (Å²) < 4.78 is 21.7. The lowest BCUT2D eigenvalue weighted by Gasteiger charge is -2.31. The summed E-state index contributed by atoms with van der Waals surface area (Å²) in [6, 6.07) is 19.3. The van der Waals surface area contributed by atoms with Gasteiger partial charge < -0.3 is 15.0 Å². The van der Waals surface area contributed by atoms with Crippen molar-refractivity contribution in [3.63, 3.8) is 0 Å². The molecular weight excluding hydrogens is 471 g/mol. The van der Waals surface area contributed by atoms with E-state index in [0.717, 1.165) is 12.8 Å². The summed E-state index contributed by atoms with van der Waals surface area (Å²) in [5.74, 6) is 0.398. The molecule has 0 aliphatic carbocycles. The van der Waals surface area contributed by atoms with Crippen LogP contribution in [0.1, 0.15) is 45.5 Å². The molecule has 0 bridgehead atoms. The predicted octanol–water partition coefficient (Wildman–Crippen LogP) is 6.32. The number of aromatic nitrogens is 2. The number of unbranched alkanes of at least 4 members (excludes halogenated alkanes) is 1. The molecule has 0 spiro atoms. The van der Waals surface area contributed by atoms with Gasteiger partial charge in [-0.2, -0.15) is 0 Å². The fourth-order valence-electron chi connectivity index (χ4n) is 4.27. The SMILES string of the molecule is CCCCN(C(=O)Nc1ccccc1F)C(C)c1nc2ccccc2c(=O)n1-c1ccccc1OCC. The Morgan fingerprint density at radius 3 is 2.51 bits per heavy atom. The maximum Gasteiger partial charge on any atom is 0.322 e. The third-order valence-electron chi connectivity index (χ3n) is 6.18. The van der Waals surface area contributed by atoms with Crippen molar-refractivity contribution in [2.45, 2.75) is 39.7 Å². The normalized spacial score (nSPS) is 11.8. The lowest BCUT2D eigenvalue weighted by molar-refractivity contribution is 0.188. The van der Waals surface area contributed by atoms with Crippen molar-refractivity contribution in [1.29, 1.82) is 0 Å². The molecule has 4 aromatic rings. The van der Waals surface area contributed by atoms with E-state index in [1.54, 1.807) is 47.4 Å². The van der Waals surface area contributed by atoms with Gasteiger partial charge in [0, 0.05) is 6.54 Å². The van der Waals surface area contributed by atoms with Crippen LogP contribution in [0.3, 0.4) is 0 Å². The second-order valence-corrected chi connectivity index (χ2v) is 8.66. The molecule has 7 nitrogen and oxygen atoms in total. The number of fused-ring (bicyclic) bond motifs is 1. The summed E-state index contributed by atoms with van der Waals surface area (Å²) in [5, 5.41) is 3.14. The predicted molar refractivity (Wildman–Crippen MR) is 144 cm³/mol. The zero-order valence-corrected chi connectivity index (χ0v) is 21.3. The van der Waals surface area contributed by atoms with Crippen molar-refractivity contribution in [2.75, 3.05) is 18.5 Å². The number of para-hydroxylation sites is 4. The number of ether oxygens (including phenoxy) is 1. The van der Waals surface area contributed by atoms with Gasteiger partial charge in [0.2, 0.25) is 0 Å². The van der Waals surface area contributed by atoms with Crippen LogP contribution in [0.2, 0.25) is 0 Å². The van der Waals surface area contributed by atoms with E-state index >= 15 is 0 Å². The van der Waals surface area contributed by atoms with E-state index in [2.05, 4.69) is 5.32 Å². The lowest BCUT2D eigenvalue weighted by atomic mass is 10.1. The van der Waals surface area contributed by atoms with E-state index in [1.165, 1.54) is 16.7 Å². The number of amides is 2. The number of halogens is 1. The van der Waals surface area contributed by atoms with Crippen LogP contribution in [0, 0.1) is 5.82 Å². The zero-order chi connectivity index (χ0) is 26.4. The Balaban J connectivity index is 1.87. The van der Waals surface area contributed by atoms with Crippen LogP contribution in [-0.4, -0.2) is 33.6 Å². The lowest BCUT2D eigenvalue weighted by Crippen LogP contribution is -2.40. The van der Waals surface area contributed by atoms with Gasteiger partial charge in [-0.05, 0) is 56.7 Å². The van der Waals surface area contributed by atoms with Crippen molar-refractivity contribution in [1.82, 2.24) is 14.5 Å². The van der Waals surface area contributed by atoms with Crippen molar-refractivity contribution in [2.24, 2.45) is 0 Å². The van der Waals surface area contributed by atoms with Gasteiger partial charge >= 0.3 is 6.03 Å². The number of hydrogen-bond donors (Lipinski definition) is 1. The number of carbonyl (C=O) groups excluding carboxylic acids is 1. The highest BCUT2D eigenvalue weighted by Gasteiger charge is 2.28. The first-order chi connectivity index (χ1) is 18.0. The zero-order valence-electron chi connectivity index (χ0n) is 21.3. The van der Waals surface area contributed by atoms with Crippen molar-refractivity contribution in [3.8, 4) is 11.4 Å². The maximum absolute atomic E-state index is 14.3. The molecule has 1 aromatic heterocycles. The maximum atomic E-state index is 14.3. The highest BCUT2D eigenvalue weighted by Crippen LogP contribution is 2.28. The van der Waals surface area contributed by atoms with E-state index < -0.39 is 17.9 Å². The number of nitrogens with zero attached hydrogens (tertiary/aromatic N) is 3. The summed E-state index contributed by atoms with van der Waals surface area (Å²) >= 11 is 0. The third kappa shape index (κ3) is 5.48. The molecule has 0 aliphatic rings. The quantitative estimate of drug-likeness (QED) is 0.291. The minimum Gasteiger partial charge on any atom is -0.492 e. The topological polar surface area (TPSA) is 76.5 Å². The number of nitrogens with one attached hydrogen (secondary N) is 1. The minimum atomic E-state index is -0.620. The number of benzene rings is 3. The van der Waals surface area contributed by atoms with Gasteiger partial charge in [0.25, 0.3) is 5.56 Å². The van der Waals surface area contributed by atoms with Crippen molar-refractivity contribution < 1.29 is 13.9 Å². The summed E-state index contributed by atoms with van der Waals surface area (Å²) in [5.41, 5.74) is 0.903. The van der Waals surface area contributed by atoms with Crippen molar-refractivity contribution >= 4 is 22.6 Å². The van der Waals surface area contributed by atoms with Gasteiger partial charge in [0.05, 0.1) is 34.9 Å². The van der Waals surface area contributed by atoms with Crippen molar-refractivity contribution in [3.05, 3.63) is 94.8 Å². The Kier molecular flexibility index (Phi) is 8.18. The van der Waals surface area contributed by atoms with Crippen LogP contribution < -0.4 is 15.6 Å². The molecule has 4 rings (SSSR count). The van der Waals surface area contributed by atoms with E-state index in [0.29, 0.717) is 41.3 Å². The first-order valence-corrected chi connectivity index (χ1v) is 12.5. The van der Waals surface area contributed by atoms with Crippen LogP contribution in [0.25, 0.3) is 16.6 Å². The fourth-order valence-corrected chi connectivity index (χ4v) is 4.27. The fraction of sp³-hybridized carbons (Fsp3) is 0.276. The number of anilines is 1. The third-order valence-corrected chi connectivity index (χ3v) is 6.18. The average molecular weight is 503 g/mol.